The summed E-state index contributed by atoms with van der Waals surface area (Å²) in [7, 11) is 3.52. The smallest absolute Gasteiger partial charge is 0.243 e. The molecular formula is C19H28N6OS. The Morgan fingerprint density at radius 3 is 3.00 bits per heavy atom. The molecule has 1 N–H and O–H groups in total. The third kappa shape index (κ3) is 5.09. The number of hydrogen-bond acceptors (Lipinski definition) is 4. The summed E-state index contributed by atoms with van der Waals surface area (Å²) in [4.78, 5) is 25.9. The van der Waals surface area contributed by atoms with E-state index >= 15 is 0 Å². The van der Waals surface area contributed by atoms with E-state index in [1.54, 1.807) is 30.3 Å². The molecule has 0 radical (unpaired) electrons. The second-order valence-corrected chi connectivity index (χ2v) is 8.18. The molecule has 8 heteroatoms. The Morgan fingerprint density at radius 2 is 2.33 bits per heavy atom. The molecule has 146 valence electrons. The van der Waals surface area contributed by atoms with Gasteiger partial charge in [0.15, 0.2) is 5.96 Å². The highest BCUT2D eigenvalue weighted by Crippen LogP contribution is 2.27. The number of piperidine rings is 1. The van der Waals surface area contributed by atoms with Gasteiger partial charge in [-0.2, -0.15) is 0 Å². The lowest BCUT2D eigenvalue weighted by Crippen LogP contribution is -2.49. The van der Waals surface area contributed by atoms with Gasteiger partial charge in [0.1, 0.15) is 6.54 Å². The standard InChI is InChI=1S/C19H28N6OS/c1-15-6-8-24(13-17(15)25-9-7-20-14-25)19(22-12-18(26)23(2)3)21-11-16-5-4-10-27-16/h4-5,7,9-10,14-15,17H,6,8,11-13H2,1-3H3,(H,21,22). The van der Waals surface area contributed by atoms with Crippen LogP contribution >= 0.6 is 11.3 Å². The predicted octanol–water partition coefficient (Wildman–Crippen LogP) is 2.06. The molecule has 27 heavy (non-hydrogen) atoms. The number of amides is 1. The fraction of sp³-hybridized carbons (Fsp3) is 0.526. The number of likely N-dealkylation sites (tertiary alicyclic amines) is 1. The number of carbonyl (C=O) groups is 1. The number of aromatic nitrogens is 2. The van der Waals surface area contributed by atoms with Crippen molar-refractivity contribution in [2.24, 2.45) is 10.9 Å². The fourth-order valence-electron chi connectivity index (χ4n) is 3.23. The molecule has 1 saturated heterocycles. The highest BCUT2D eigenvalue weighted by Gasteiger charge is 2.29. The normalized spacial score (nSPS) is 20.6. The highest BCUT2D eigenvalue weighted by molar-refractivity contribution is 7.09. The number of thiophene rings is 1. The first-order valence-corrected chi connectivity index (χ1v) is 10.2. The van der Waals surface area contributed by atoms with Crippen molar-refractivity contribution in [1.82, 2.24) is 24.7 Å². The fourth-order valence-corrected chi connectivity index (χ4v) is 3.87. The van der Waals surface area contributed by atoms with Crippen LogP contribution in [0, 0.1) is 5.92 Å². The summed E-state index contributed by atoms with van der Waals surface area (Å²) in [6, 6.07) is 4.50. The topological polar surface area (TPSA) is 65.8 Å². The summed E-state index contributed by atoms with van der Waals surface area (Å²) < 4.78 is 2.18. The maximum atomic E-state index is 12.0. The van der Waals surface area contributed by atoms with E-state index in [1.807, 2.05) is 24.8 Å². The molecule has 1 aliphatic rings. The summed E-state index contributed by atoms with van der Waals surface area (Å²) >= 11 is 1.72. The van der Waals surface area contributed by atoms with Gasteiger partial charge in [-0.3, -0.25) is 4.79 Å². The van der Waals surface area contributed by atoms with Crippen LogP contribution in [0.2, 0.25) is 0 Å². The molecule has 2 unspecified atom stereocenters. The van der Waals surface area contributed by atoms with Crippen LogP contribution in [0.1, 0.15) is 24.3 Å². The van der Waals surface area contributed by atoms with Crippen LogP contribution in [-0.4, -0.2) is 64.9 Å². The number of nitrogens with zero attached hydrogens (tertiary/aromatic N) is 5. The molecule has 2 aromatic heterocycles. The number of guanidine groups is 1. The molecule has 2 aromatic rings. The van der Waals surface area contributed by atoms with Crippen molar-refractivity contribution in [3.63, 3.8) is 0 Å². The summed E-state index contributed by atoms with van der Waals surface area (Å²) in [6.07, 6.45) is 6.81. The van der Waals surface area contributed by atoms with Crippen LogP contribution in [0.15, 0.2) is 41.2 Å². The van der Waals surface area contributed by atoms with Crippen molar-refractivity contribution in [2.45, 2.75) is 25.9 Å². The van der Waals surface area contributed by atoms with Crippen molar-refractivity contribution < 1.29 is 4.79 Å². The third-order valence-corrected chi connectivity index (χ3v) is 5.87. The van der Waals surface area contributed by atoms with E-state index in [9.17, 15) is 4.79 Å². The Balaban J connectivity index is 1.73. The summed E-state index contributed by atoms with van der Waals surface area (Å²) in [6.45, 7) is 4.94. The molecule has 1 fully saturated rings. The van der Waals surface area contributed by atoms with Gasteiger partial charge < -0.3 is 19.7 Å². The lowest BCUT2D eigenvalue weighted by atomic mass is 9.93. The maximum Gasteiger partial charge on any atom is 0.243 e. The molecule has 0 aliphatic carbocycles. The van der Waals surface area contributed by atoms with Gasteiger partial charge >= 0.3 is 0 Å². The average molecular weight is 389 g/mol. The number of rotatable bonds is 5. The van der Waals surface area contributed by atoms with Crippen LogP contribution in [0.5, 0.6) is 0 Å². The highest BCUT2D eigenvalue weighted by atomic mass is 32.1. The number of likely N-dealkylation sites (N-methyl/N-ethyl adjacent to an activating group) is 1. The Bertz CT molecular complexity index is 740. The van der Waals surface area contributed by atoms with Crippen LogP contribution in [-0.2, 0) is 11.3 Å². The number of hydrogen-bond donors (Lipinski definition) is 1. The summed E-state index contributed by atoms with van der Waals surface area (Å²) in [5.74, 6) is 1.37. The predicted molar refractivity (Wildman–Crippen MR) is 109 cm³/mol. The minimum atomic E-state index is 0.00182. The van der Waals surface area contributed by atoms with Crippen molar-refractivity contribution >= 4 is 23.2 Å². The molecule has 2 atom stereocenters. The van der Waals surface area contributed by atoms with E-state index in [2.05, 4.69) is 43.1 Å². The van der Waals surface area contributed by atoms with E-state index in [1.165, 1.54) is 4.88 Å². The summed E-state index contributed by atoms with van der Waals surface area (Å²) in [5, 5.41) is 5.53. The van der Waals surface area contributed by atoms with Gasteiger partial charge in [0, 0.05) is 44.5 Å². The first-order valence-electron chi connectivity index (χ1n) is 9.28. The zero-order valence-electron chi connectivity index (χ0n) is 16.2. The van der Waals surface area contributed by atoms with Gasteiger partial charge in [0.05, 0.1) is 18.9 Å². The first kappa shape index (κ1) is 19.4. The Morgan fingerprint density at radius 1 is 1.48 bits per heavy atom. The molecule has 0 aromatic carbocycles. The van der Waals surface area contributed by atoms with E-state index in [4.69, 9.17) is 0 Å². The van der Waals surface area contributed by atoms with Crippen LogP contribution in [0.25, 0.3) is 0 Å². The van der Waals surface area contributed by atoms with E-state index in [0.29, 0.717) is 18.5 Å². The Hall–Kier alpha value is -2.35. The van der Waals surface area contributed by atoms with E-state index in [-0.39, 0.29) is 12.5 Å². The second kappa shape index (κ2) is 9.03. The van der Waals surface area contributed by atoms with Crippen LogP contribution in [0.4, 0.5) is 0 Å². The van der Waals surface area contributed by atoms with E-state index in [0.717, 1.165) is 25.5 Å². The lowest BCUT2D eigenvalue weighted by Gasteiger charge is -2.39. The largest absolute Gasteiger partial charge is 0.351 e. The maximum absolute atomic E-state index is 12.0. The molecule has 3 heterocycles. The third-order valence-electron chi connectivity index (χ3n) is 4.99. The van der Waals surface area contributed by atoms with Gasteiger partial charge in [-0.1, -0.05) is 13.0 Å². The Labute approximate surface area is 164 Å². The van der Waals surface area contributed by atoms with Crippen LogP contribution < -0.4 is 5.32 Å². The van der Waals surface area contributed by atoms with Gasteiger partial charge in [-0.25, -0.2) is 9.98 Å². The molecule has 0 bridgehead atoms. The summed E-state index contributed by atoms with van der Waals surface area (Å²) in [5.41, 5.74) is 0. The quantitative estimate of drug-likeness (QED) is 0.629. The number of aliphatic imine (C=N–C) groups is 1. The second-order valence-electron chi connectivity index (χ2n) is 7.15. The van der Waals surface area contributed by atoms with Gasteiger partial charge in [-0.15, -0.1) is 11.3 Å². The molecule has 1 aliphatic heterocycles. The van der Waals surface area contributed by atoms with Gasteiger partial charge in [0.25, 0.3) is 0 Å². The van der Waals surface area contributed by atoms with Crippen LogP contribution in [0.3, 0.4) is 0 Å². The molecule has 1 amide bonds. The minimum absolute atomic E-state index is 0.00182. The zero-order chi connectivity index (χ0) is 19.2. The zero-order valence-corrected chi connectivity index (χ0v) is 17.0. The number of imidazole rings is 1. The van der Waals surface area contributed by atoms with Crippen molar-refractivity contribution in [1.29, 1.82) is 0 Å². The molecule has 0 saturated carbocycles. The molecular weight excluding hydrogens is 360 g/mol. The van der Waals surface area contributed by atoms with Crippen molar-refractivity contribution in [3.05, 3.63) is 41.1 Å². The molecule has 0 spiro atoms. The number of carbonyl (C=O) groups excluding carboxylic acids is 1. The van der Waals surface area contributed by atoms with Crippen molar-refractivity contribution in [3.8, 4) is 0 Å². The van der Waals surface area contributed by atoms with Gasteiger partial charge in [0.2, 0.25) is 5.91 Å². The average Bonchev–Trinajstić information content (AvgIpc) is 3.36. The first-order chi connectivity index (χ1) is 13.0. The lowest BCUT2D eigenvalue weighted by molar-refractivity contribution is -0.127. The molecule has 7 nitrogen and oxygen atoms in total. The molecule has 3 rings (SSSR count). The monoisotopic (exact) mass is 388 g/mol. The van der Waals surface area contributed by atoms with Crippen molar-refractivity contribution in [2.75, 3.05) is 33.7 Å². The van der Waals surface area contributed by atoms with Gasteiger partial charge in [-0.05, 0) is 23.8 Å². The van der Waals surface area contributed by atoms with E-state index < -0.39 is 0 Å². The Kier molecular flexibility index (Phi) is 6.49. The minimum Gasteiger partial charge on any atom is -0.351 e. The SMILES string of the molecule is CC1CCN(C(=NCC(=O)N(C)C)NCc2cccs2)CC1n1ccnc1. The number of nitrogens with one attached hydrogen (secondary N) is 1.